The molecule has 4 nitrogen and oxygen atoms in total. The van der Waals surface area contributed by atoms with Crippen molar-refractivity contribution in [1.29, 1.82) is 0 Å². The highest BCUT2D eigenvalue weighted by Gasteiger charge is 2.21. The van der Waals surface area contributed by atoms with Gasteiger partial charge in [-0.1, -0.05) is 12.8 Å². The van der Waals surface area contributed by atoms with Crippen LogP contribution in [0.15, 0.2) is 23.1 Å². The van der Waals surface area contributed by atoms with Crippen molar-refractivity contribution in [2.45, 2.75) is 39.2 Å². The van der Waals surface area contributed by atoms with Crippen LogP contribution in [0, 0.1) is 17.6 Å². The second kappa shape index (κ2) is 6.71. The highest BCUT2D eigenvalue weighted by atomic mass is 19.2. The standard InChI is InChI=1S/C18H19F2NO3/c1-2-24-18(23)13-10-21(9-11-5-3-4-6-11)16-8-15(20)14(19)7-12(16)17(13)22/h7-8,10-11H,2-6,9H2,1H3. The summed E-state index contributed by atoms with van der Waals surface area (Å²) in [5.74, 6) is -2.45. The minimum absolute atomic E-state index is 0.00236. The second-order valence-electron chi connectivity index (χ2n) is 6.18. The van der Waals surface area contributed by atoms with E-state index >= 15 is 0 Å². The molecule has 6 heteroatoms. The van der Waals surface area contributed by atoms with Gasteiger partial charge in [0, 0.05) is 24.2 Å². The van der Waals surface area contributed by atoms with E-state index in [1.165, 1.54) is 6.20 Å². The van der Waals surface area contributed by atoms with Crippen molar-refractivity contribution in [3.05, 3.63) is 45.8 Å². The summed E-state index contributed by atoms with van der Waals surface area (Å²) >= 11 is 0. The van der Waals surface area contributed by atoms with Crippen molar-refractivity contribution in [3.8, 4) is 0 Å². The molecule has 1 aliphatic rings. The maximum atomic E-state index is 13.7. The quantitative estimate of drug-likeness (QED) is 0.802. The van der Waals surface area contributed by atoms with E-state index in [0.717, 1.165) is 37.8 Å². The highest BCUT2D eigenvalue weighted by Crippen LogP contribution is 2.28. The first-order chi connectivity index (χ1) is 11.5. The minimum atomic E-state index is -1.10. The number of benzene rings is 1. The lowest BCUT2D eigenvalue weighted by molar-refractivity contribution is 0.0524. The van der Waals surface area contributed by atoms with Crippen molar-refractivity contribution in [2.24, 2.45) is 5.92 Å². The van der Waals surface area contributed by atoms with E-state index in [1.54, 1.807) is 11.5 Å². The van der Waals surface area contributed by atoms with Crippen LogP contribution in [0.1, 0.15) is 43.0 Å². The number of aromatic nitrogens is 1. The molecule has 2 aromatic rings. The fraction of sp³-hybridized carbons (Fsp3) is 0.444. The summed E-state index contributed by atoms with van der Waals surface area (Å²) < 4.78 is 33.9. The molecular weight excluding hydrogens is 316 g/mol. The first kappa shape index (κ1) is 16.6. The molecule has 24 heavy (non-hydrogen) atoms. The molecular formula is C18H19F2NO3. The third-order valence-corrected chi connectivity index (χ3v) is 4.55. The zero-order chi connectivity index (χ0) is 17.3. The molecule has 1 saturated carbocycles. The van der Waals surface area contributed by atoms with Crippen LogP contribution in [0.3, 0.4) is 0 Å². The molecule has 0 unspecified atom stereocenters. The lowest BCUT2D eigenvalue weighted by atomic mass is 10.1. The SMILES string of the molecule is CCOC(=O)c1cn(CC2CCCC2)c2cc(F)c(F)cc2c1=O. The van der Waals surface area contributed by atoms with E-state index in [-0.39, 0.29) is 17.6 Å². The third-order valence-electron chi connectivity index (χ3n) is 4.55. The van der Waals surface area contributed by atoms with Gasteiger partial charge in [0.25, 0.3) is 0 Å². The van der Waals surface area contributed by atoms with Crippen LogP contribution < -0.4 is 5.43 Å². The van der Waals surface area contributed by atoms with Crippen molar-refractivity contribution in [3.63, 3.8) is 0 Å². The average molecular weight is 335 g/mol. The van der Waals surface area contributed by atoms with E-state index < -0.39 is 23.0 Å². The predicted octanol–water partition coefficient (Wildman–Crippen LogP) is 3.65. The molecule has 0 saturated heterocycles. The Morgan fingerprint density at radius 1 is 1.25 bits per heavy atom. The molecule has 0 amide bonds. The largest absolute Gasteiger partial charge is 0.462 e. The predicted molar refractivity (Wildman–Crippen MR) is 86.0 cm³/mol. The Labute approximate surface area is 138 Å². The zero-order valence-electron chi connectivity index (χ0n) is 13.5. The Morgan fingerprint density at radius 3 is 2.58 bits per heavy atom. The molecule has 0 spiro atoms. The molecule has 0 N–H and O–H groups in total. The van der Waals surface area contributed by atoms with Gasteiger partial charge in [0.05, 0.1) is 12.1 Å². The molecule has 1 aliphatic carbocycles. The smallest absolute Gasteiger partial charge is 0.343 e. The molecule has 1 heterocycles. The molecule has 128 valence electrons. The van der Waals surface area contributed by atoms with E-state index in [1.807, 2.05) is 0 Å². The fourth-order valence-electron chi connectivity index (χ4n) is 3.36. The fourth-order valence-corrected chi connectivity index (χ4v) is 3.36. The van der Waals surface area contributed by atoms with Gasteiger partial charge >= 0.3 is 5.97 Å². The van der Waals surface area contributed by atoms with Crippen molar-refractivity contribution in [1.82, 2.24) is 4.57 Å². The van der Waals surface area contributed by atoms with Crippen LogP contribution in [0.2, 0.25) is 0 Å². The van der Waals surface area contributed by atoms with Gasteiger partial charge in [-0.15, -0.1) is 0 Å². The second-order valence-corrected chi connectivity index (χ2v) is 6.18. The Balaban J connectivity index is 2.18. The normalized spacial score (nSPS) is 15.1. The molecule has 1 fully saturated rings. The van der Waals surface area contributed by atoms with Gasteiger partial charge in [-0.05, 0) is 31.7 Å². The Kier molecular flexibility index (Phi) is 4.64. The lowest BCUT2D eigenvalue weighted by Gasteiger charge is -2.17. The topological polar surface area (TPSA) is 48.3 Å². The third kappa shape index (κ3) is 3.05. The van der Waals surface area contributed by atoms with Gasteiger partial charge in [0.15, 0.2) is 11.6 Å². The summed E-state index contributed by atoms with van der Waals surface area (Å²) in [6.07, 6.45) is 5.78. The van der Waals surface area contributed by atoms with Gasteiger partial charge in [0.2, 0.25) is 5.43 Å². The van der Waals surface area contributed by atoms with Gasteiger partial charge in [-0.3, -0.25) is 4.79 Å². The summed E-state index contributed by atoms with van der Waals surface area (Å²) in [7, 11) is 0. The number of hydrogen-bond acceptors (Lipinski definition) is 3. The maximum absolute atomic E-state index is 13.7. The van der Waals surface area contributed by atoms with Crippen LogP contribution in [0.4, 0.5) is 8.78 Å². The molecule has 0 atom stereocenters. The number of rotatable bonds is 4. The first-order valence-corrected chi connectivity index (χ1v) is 8.20. The van der Waals surface area contributed by atoms with Crippen LogP contribution >= 0.6 is 0 Å². The molecule has 3 rings (SSSR count). The number of carbonyl (C=O) groups is 1. The lowest BCUT2D eigenvalue weighted by Crippen LogP contribution is -2.22. The van der Waals surface area contributed by atoms with Crippen LogP contribution in [-0.4, -0.2) is 17.1 Å². The molecule has 0 bridgehead atoms. The van der Waals surface area contributed by atoms with Crippen molar-refractivity contribution >= 4 is 16.9 Å². The molecule has 0 aliphatic heterocycles. The number of ether oxygens (including phenoxy) is 1. The number of nitrogens with zero attached hydrogens (tertiary/aromatic N) is 1. The summed E-state index contributed by atoms with van der Waals surface area (Å²) in [4.78, 5) is 24.5. The first-order valence-electron chi connectivity index (χ1n) is 8.20. The van der Waals surface area contributed by atoms with Gasteiger partial charge in [0.1, 0.15) is 5.56 Å². The number of carbonyl (C=O) groups excluding carboxylic acids is 1. The number of fused-ring (bicyclic) bond motifs is 1. The number of hydrogen-bond donors (Lipinski definition) is 0. The van der Waals surface area contributed by atoms with Crippen LogP contribution in [-0.2, 0) is 11.3 Å². The summed E-state index contributed by atoms with van der Waals surface area (Å²) in [6, 6.07) is 1.89. The Bertz CT molecular complexity index is 838. The zero-order valence-corrected chi connectivity index (χ0v) is 13.5. The number of esters is 1. The van der Waals surface area contributed by atoms with E-state index in [0.29, 0.717) is 18.0 Å². The Morgan fingerprint density at radius 2 is 1.92 bits per heavy atom. The van der Waals surface area contributed by atoms with E-state index in [2.05, 4.69) is 0 Å². The molecule has 1 aromatic heterocycles. The van der Waals surface area contributed by atoms with Gasteiger partial charge < -0.3 is 9.30 Å². The summed E-state index contributed by atoms with van der Waals surface area (Å²) in [5, 5.41) is -0.00236. The van der Waals surface area contributed by atoms with Gasteiger partial charge in [-0.25, -0.2) is 13.6 Å². The summed E-state index contributed by atoms with van der Waals surface area (Å²) in [5.41, 5.74) is -0.475. The van der Waals surface area contributed by atoms with Crippen molar-refractivity contribution < 1.29 is 18.3 Å². The van der Waals surface area contributed by atoms with Crippen LogP contribution in [0.25, 0.3) is 10.9 Å². The average Bonchev–Trinajstić information content (AvgIpc) is 3.05. The minimum Gasteiger partial charge on any atom is -0.462 e. The Hall–Kier alpha value is -2.24. The number of pyridine rings is 1. The van der Waals surface area contributed by atoms with Gasteiger partial charge in [-0.2, -0.15) is 0 Å². The number of halogens is 2. The highest BCUT2D eigenvalue weighted by molar-refractivity contribution is 5.93. The monoisotopic (exact) mass is 335 g/mol. The maximum Gasteiger partial charge on any atom is 0.343 e. The summed E-state index contributed by atoms with van der Waals surface area (Å²) in [6.45, 7) is 2.34. The van der Waals surface area contributed by atoms with E-state index in [9.17, 15) is 18.4 Å². The van der Waals surface area contributed by atoms with Crippen LogP contribution in [0.5, 0.6) is 0 Å². The van der Waals surface area contributed by atoms with E-state index in [4.69, 9.17) is 4.74 Å². The van der Waals surface area contributed by atoms with Crippen molar-refractivity contribution in [2.75, 3.05) is 6.61 Å². The molecule has 1 aromatic carbocycles. The molecule has 0 radical (unpaired) electrons.